The van der Waals surface area contributed by atoms with E-state index in [1.165, 1.54) is 11.8 Å². The number of nitrogens with one attached hydrogen (secondary N) is 1. The molecule has 2 heterocycles. The zero-order chi connectivity index (χ0) is 19.4. The average Bonchev–Trinajstić information content (AvgIpc) is 3.03. The van der Waals surface area contributed by atoms with Crippen molar-refractivity contribution < 1.29 is 10.0 Å². The molecule has 0 saturated heterocycles. The lowest BCUT2D eigenvalue weighted by Crippen LogP contribution is -2.20. The minimum atomic E-state index is -0.384. The lowest BCUT2D eigenvalue weighted by atomic mass is 10.0. The number of carbonyl (C=O) groups is 1. The van der Waals surface area contributed by atoms with Gasteiger partial charge in [0.15, 0.2) is 5.17 Å². The Hall–Kier alpha value is -2.64. The lowest BCUT2D eigenvalue weighted by molar-refractivity contribution is 0.0105. The van der Waals surface area contributed by atoms with Crippen LogP contribution in [0.1, 0.15) is 30.0 Å². The summed E-state index contributed by atoms with van der Waals surface area (Å²) in [4.78, 5) is 21.6. The molecule has 0 unspecified atom stereocenters. The summed E-state index contributed by atoms with van der Waals surface area (Å²) in [6.45, 7) is 6.66. The van der Waals surface area contributed by atoms with E-state index in [1.807, 2.05) is 20.8 Å². The van der Waals surface area contributed by atoms with Crippen molar-refractivity contribution in [1.82, 2.24) is 10.4 Å². The number of thioether (sulfide) groups is 1. The minimum absolute atomic E-state index is 0.384. The fourth-order valence-corrected chi connectivity index (χ4v) is 3.75. The number of carbonyl (C=O) groups excluding carboxylic acids is 1. The minimum Gasteiger partial charge on any atom is -0.336 e. The highest BCUT2D eigenvalue weighted by molar-refractivity contribution is 8.18. The van der Waals surface area contributed by atoms with E-state index in [1.54, 1.807) is 24.6 Å². The van der Waals surface area contributed by atoms with Gasteiger partial charge >= 0.3 is 6.03 Å². The van der Waals surface area contributed by atoms with Crippen LogP contribution in [-0.4, -0.2) is 33.7 Å². The van der Waals surface area contributed by atoms with Gasteiger partial charge in [-0.1, -0.05) is 24.1 Å². The molecule has 0 saturated carbocycles. The summed E-state index contributed by atoms with van der Waals surface area (Å²) >= 11 is 1.36. The highest BCUT2D eigenvalue weighted by atomic mass is 32.2. The Balaban J connectivity index is 2.03. The molecule has 0 radical (unpaired) electrons. The van der Waals surface area contributed by atoms with Crippen molar-refractivity contribution in [3.63, 3.8) is 0 Å². The molecule has 2 aliphatic rings. The first kappa shape index (κ1) is 19.1. The van der Waals surface area contributed by atoms with Gasteiger partial charge < -0.3 is 5.32 Å². The van der Waals surface area contributed by atoms with Gasteiger partial charge in [0.1, 0.15) is 0 Å². The summed E-state index contributed by atoms with van der Waals surface area (Å²) in [5.41, 5.74) is 4.95. The van der Waals surface area contributed by atoms with E-state index < -0.39 is 0 Å². The molecule has 1 aromatic rings. The number of aliphatic imine (C=N–C) groups is 2. The fraction of sp³-hybridized carbons (Fsp3) is 0.250. The summed E-state index contributed by atoms with van der Waals surface area (Å²) in [5, 5.41) is 13.6. The Morgan fingerprint density at radius 2 is 1.89 bits per heavy atom. The Labute approximate surface area is 163 Å². The van der Waals surface area contributed by atoms with E-state index in [0.29, 0.717) is 11.7 Å². The highest BCUT2D eigenvalue weighted by Crippen LogP contribution is 2.35. The molecule has 140 valence electrons. The molecule has 2 N–H and O–H groups in total. The molecule has 0 spiro atoms. The molecule has 3 rings (SSSR count). The number of rotatable bonds is 3. The number of benzene rings is 1. The van der Waals surface area contributed by atoms with Gasteiger partial charge in [0.2, 0.25) is 0 Å². The first-order chi connectivity index (χ1) is 13.0. The first-order valence-corrected chi connectivity index (χ1v) is 9.58. The number of hydrogen-bond acceptors (Lipinski definition) is 4. The number of hydrogen-bond donors (Lipinski definition) is 2. The van der Waals surface area contributed by atoms with Crippen LogP contribution in [0.2, 0.25) is 0 Å². The van der Waals surface area contributed by atoms with E-state index in [0.717, 1.165) is 44.4 Å². The summed E-state index contributed by atoms with van der Waals surface area (Å²) < 4.78 is 0. The topological polar surface area (TPSA) is 77.3 Å². The van der Waals surface area contributed by atoms with Gasteiger partial charge in [0, 0.05) is 29.4 Å². The second-order valence-corrected chi connectivity index (χ2v) is 7.34. The van der Waals surface area contributed by atoms with E-state index in [9.17, 15) is 10.0 Å². The van der Waals surface area contributed by atoms with Crippen LogP contribution in [0.25, 0.3) is 0 Å². The molecule has 0 atom stereocenters. The summed E-state index contributed by atoms with van der Waals surface area (Å²) in [6.07, 6.45) is 7.58. The third-order valence-corrected chi connectivity index (χ3v) is 4.91. The molecule has 2 aliphatic heterocycles. The molecule has 0 aromatic heterocycles. The molecule has 27 heavy (non-hydrogen) atoms. The monoisotopic (exact) mass is 382 g/mol. The Morgan fingerprint density at radius 1 is 1.22 bits per heavy atom. The molecule has 2 amide bonds. The number of aryl methyl sites for hydroxylation is 2. The van der Waals surface area contributed by atoms with Gasteiger partial charge in [0.05, 0.1) is 5.71 Å². The van der Waals surface area contributed by atoms with E-state index >= 15 is 0 Å². The number of urea groups is 1. The molecular formula is C20H22N4O2S. The van der Waals surface area contributed by atoms with Crippen molar-refractivity contribution in [2.75, 3.05) is 6.54 Å². The van der Waals surface area contributed by atoms with Crippen LogP contribution >= 0.6 is 11.8 Å². The van der Waals surface area contributed by atoms with Gasteiger partial charge in [0.25, 0.3) is 0 Å². The SMILES string of the molecule is CCCNC(=O)N=C1N=C(c2cc(C)cc(C)c2)C(=C2C=CN(O)C=C2)S1. The first-order valence-electron chi connectivity index (χ1n) is 8.76. The molecular weight excluding hydrogens is 360 g/mol. The van der Waals surface area contributed by atoms with Gasteiger partial charge in [-0.2, -0.15) is 4.99 Å². The standard InChI is InChI=1S/C20H22N4O2S/c1-4-7-21-19(25)23-20-22-17(16-11-13(2)10-14(3)12-16)18(27-20)15-5-8-24(26)9-6-15/h5-6,8-12,26H,4,7H2,1-3H3,(H,21,25). The van der Waals surface area contributed by atoms with E-state index in [-0.39, 0.29) is 6.03 Å². The summed E-state index contributed by atoms with van der Waals surface area (Å²) in [5.74, 6) is 0. The largest absolute Gasteiger partial charge is 0.343 e. The van der Waals surface area contributed by atoms with E-state index in [4.69, 9.17) is 0 Å². The molecule has 0 aliphatic carbocycles. The predicted molar refractivity (Wildman–Crippen MR) is 110 cm³/mol. The number of allylic oxidation sites excluding steroid dienone is 4. The van der Waals surface area contributed by atoms with Crippen molar-refractivity contribution in [3.05, 3.63) is 69.9 Å². The third kappa shape index (κ3) is 4.75. The van der Waals surface area contributed by atoms with Crippen molar-refractivity contribution in [1.29, 1.82) is 0 Å². The Bertz CT molecular complexity index is 876. The van der Waals surface area contributed by atoms with Gasteiger partial charge in [-0.3, -0.25) is 5.21 Å². The van der Waals surface area contributed by atoms with Gasteiger partial charge in [-0.15, -0.1) is 0 Å². The smallest absolute Gasteiger partial charge is 0.336 e. The number of hydroxylamine groups is 2. The summed E-state index contributed by atoms with van der Waals surface area (Å²) in [6, 6.07) is 5.87. The molecule has 1 aromatic carbocycles. The zero-order valence-electron chi connectivity index (χ0n) is 15.6. The predicted octanol–water partition coefficient (Wildman–Crippen LogP) is 4.30. The third-order valence-electron chi connectivity index (χ3n) is 3.91. The van der Waals surface area contributed by atoms with Crippen LogP contribution in [0, 0.1) is 13.8 Å². The Morgan fingerprint density at radius 3 is 2.52 bits per heavy atom. The lowest BCUT2D eigenvalue weighted by Gasteiger charge is -2.13. The molecule has 0 bridgehead atoms. The van der Waals surface area contributed by atoms with Crippen LogP contribution in [0.15, 0.2) is 63.2 Å². The summed E-state index contributed by atoms with van der Waals surface area (Å²) in [7, 11) is 0. The van der Waals surface area contributed by atoms with Crippen LogP contribution in [0.4, 0.5) is 4.79 Å². The number of amides is 2. The second-order valence-electron chi connectivity index (χ2n) is 6.36. The fourth-order valence-electron chi connectivity index (χ4n) is 2.79. The Kier molecular flexibility index (Phi) is 5.93. The average molecular weight is 382 g/mol. The second kappa shape index (κ2) is 8.37. The molecule has 6 nitrogen and oxygen atoms in total. The quantitative estimate of drug-likeness (QED) is 0.817. The zero-order valence-corrected chi connectivity index (χ0v) is 16.4. The normalized spacial score (nSPS) is 17.7. The van der Waals surface area contributed by atoms with Crippen molar-refractivity contribution in [2.24, 2.45) is 9.98 Å². The van der Waals surface area contributed by atoms with Crippen molar-refractivity contribution >= 4 is 28.7 Å². The molecule has 7 heteroatoms. The maximum Gasteiger partial charge on any atom is 0.343 e. The van der Waals surface area contributed by atoms with Crippen molar-refractivity contribution in [2.45, 2.75) is 27.2 Å². The maximum absolute atomic E-state index is 12.0. The number of amidine groups is 1. The highest BCUT2D eigenvalue weighted by Gasteiger charge is 2.25. The number of nitrogens with zero attached hydrogens (tertiary/aromatic N) is 3. The van der Waals surface area contributed by atoms with Crippen LogP contribution in [-0.2, 0) is 0 Å². The van der Waals surface area contributed by atoms with Crippen LogP contribution in [0.3, 0.4) is 0 Å². The maximum atomic E-state index is 12.0. The van der Waals surface area contributed by atoms with E-state index in [2.05, 4.69) is 33.5 Å². The molecule has 0 fully saturated rings. The van der Waals surface area contributed by atoms with Gasteiger partial charge in [-0.05, 0) is 61.9 Å². The van der Waals surface area contributed by atoms with Crippen LogP contribution in [0.5, 0.6) is 0 Å². The van der Waals surface area contributed by atoms with Crippen molar-refractivity contribution in [3.8, 4) is 0 Å². The van der Waals surface area contributed by atoms with Crippen LogP contribution < -0.4 is 5.32 Å². The van der Waals surface area contributed by atoms with Gasteiger partial charge in [-0.25, -0.2) is 14.9 Å².